The zero-order valence-electron chi connectivity index (χ0n) is 9.21. The Bertz CT molecular complexity index is 340. The molecular weight excluding hydrogens is 293 g/mol. The normalized spacial score (nSPS) is 10.4. The van der Waals surface area contributed by atoms with Gasteiger partial charge in [-0.15, -0.1) is 0 Å². The summed E-state index contributed by atoms with van der Waals surface area (Å²) in [7, 11) is 0. The molecule has 0 fully saturated rings. The molecule has 0 aliphatic heterocycles. The van der Waals surface area contributed by atoms with E-state index < -0.39 is 0 Å². The van der Waals surface area contributed by atoms with E-state index in [0.29, 0.717) is 12.3 Å². The monoisotopic (exact) mass is 307 g/mol. The van der Waals surface area contributed by atoms with Crippen LogP contribution in [0.4, 0.5) is 0 Å². The Labute approximate surface area is 109 Å². The fourth-order valence-electron chi connectivity index (χ4n) is 1.35. The molecule has 0 aliphatic carbocycles. The van der Waals surface area contributed by atoms with Crippen LogP contribution in [0, 0.1) is 0 Å². The van der Waals surface area contributed by atoms with Crippen molar-refractivity contribution in [3.8, 4) is 0 Å². The number of carbonyl (C=O) groups excluding carboxylic acids is 1. The molecule has 1 rings (SSSR count). The minimum Gasteiger partial charge on any atom is -0.440 e. The van der Waals surface area contributed by atoms with Crippen molar-refractivity contribution in [2.24, 2.45) is 0 Å². The molecule has 0 spiro atoms. The molecule has 1 aromatic heterocycles. The van der Waals surface area contributed by atoms with Crippen LogP contribution in [0.2, 0.25) is 5.22 Å². The number of unbranched alkanes of at least 4 members (excludes halogenated alkanes) is 1. The highest BCUT2D eigenvalue weighted by Gasteiger charge is 2.17. The molecule has 16 heavy (non-hydrogen) atoms. The molecule has 1 aromatic rings. The summed E-state index contributed by atoms with van der Waals surface area (Å²) in [6.07, 6.45) is 2.05. The highest BCUT2D eigenvalue weighted by molar-refractivity contribution is 9.09. The van der Waals surface area contributed by atoms with Crippen LogP contribution < -0.4 is 0 Å². The molecule has 90 valence electrons. The van der Waals surface area contributed by atoms with Crippen molar-refractivity contribution in [1.82, 2.24) is 4.90 Å². The summed E-state index contributed by atoms with van der Waals surface area (Å²) < 4.78 is 5.11. The SMILES string of the molecule is CCCCN(CCBr)C(=O)c1ccc(Cl)o1. The van der Waals surface area contributed by atoms with Crippen LogP contribution >= 0.6 is 27.5 Å². The number of nitrogens with zero attached hydrogens (tertiary/aromatic N) is 1. The number of carbonyl (C=O) groups is 1. The molecule has 1 heterocycles. The van der Waals surface area contributed by atoms with Gasteiger partial charge in [0.15, 0.2) is 11.0 Å². The lowest BCUT2D eigenvalue weighted by Gasteiger charge is -2.20. The first-order valence-electron chi connectivity index (χ1n) is 5.29. The van der Waals surface area contributed by atoms with Crippen LogP contribution in [-0.2, 0) is 0 Å². The third kappa shape index (κ3) is 3.83. The van der Waals surface area contributed by atoms with E-state index in [-0.39, 0.29) is 11.1 Å². The molecule has 0 saturated carbocycles. The number of hydrogen-bond acceptors (Lipinski definition) is 2. The lowest BCUT2D eigenvalue weighted by molar-refractivity contribution is 0.0732. The van der Waals surface area contributed by atoms with E-state index in [1.165, 1.54) is 0 Å². The topological polar surface area (TPSA) is 33.5 Å². The van der Waals surface area contributed by atoms with E-state index in [0.717, 1.165) is 24.7 Å². The Morgan fingerprint density at radius 1 is 1.50 bits per heavy atom. The van der Waals surface area contributed by atoms with Crippen LogP contribution in [0.3, 0.4) is 0 Å². The van der Waals surface area contributed by atoms with Gasteiger partial charge in [0.05, 0.1) is 0 Å². The third-order valence-electron chi connectivity index (χ3n) is 2.21. The van der Waals surface area contributed by atoms with Gasteiger partial charge in [-0.3, -0.25) is 4.79 Å². The molecule has 3 nitrogen and oxygen atoms in total. The van der Waals surface area contributed by atoms with Crippen molar-refractivity contribution in [2.45, 2.75) is 19.8 Å². The summed E-state index contributed by atoms with van der Waals surface area (Å²) in [5.41, 5.74) is 0. The van der Waals surface area contributed by atoms with Gasteiger partial charge in [0.1, 0.15) is 0 Å². The van der Waals surface area contributed by atoms with Crippen LogP contribution in [-0.4, -0.2) is 29.2 Å². The number of hydrogen-bond donors (Lipinski definition) is 0. The van der Waals surface area contributed by atoms with Crippen LogP contribution in [0.5, 0.6) is 0 Å². The van der Waals surface area contributed by atoms with E-state index in [1.54, 1.807) is 17.0 Å². The van der Waals surface area contributed by atoms with Gasteiger partial charge in [-0.1, -0.05) is 29.3 Å². The molecule has 0 aliphatic rings. The van der Waals surface area contributed by atoms with Crippen molar-refractivity contribution < 1.29 is 9.21 Å². The average molecular weight is 309 g/mol. The Morgan fingerprint density at radius 3 is 2.75 bits per heavy atom. The van der Waals surface area contributed by atoms with Gasteiger partial charge in [-0.25, -0.2) is 0 Å². The van der Waals surface area contributed by atoms with Gasteiger partial charge in [-0.2, -0.15) is 0 Å². The van der Waals surface area contributed by atoms with Crippen LogP contribution in [0.15, 0.2) is 16.5 Å². The first kappa shape index (κ1) is 13.6. The predicted octanol–water partition coefficient (Wildman–Crippen LogP) is 3.57. The van der Waals surface area contributed by atoms with E-state index >= 15 is 0 Å². The summed E-state index contributed by atoms with van der Waals surface area (Å²) in [6, 6.07) is 3.19. The molecule has 0 saturated heterocycles. The van der Waals surface area contributed by atoms with Crippen molar-refractivity contribution in [1.29, 1.82) is 0 Å². The van der Waals surface area contributed by atoms with Crippen LogP contribution in [0.25, 0.3) is 0 Å². The second-order valence-corrected chi connectivity index (χ2v) is 4.60. The number of amides is 1. The lowest BCUT2D eigenvalue weighted by Crippen LogP contribution is -2.33. The molecular formula is C11H15BrClNO2. The lowest BCUT2D eigenvalue weighted by atomic mass is 10.3. The average Bonchev–Trinajstić information content (AvgIpc) is 2.70. The summed E-state index contributed by atoms with van der Waals surface area (Å²) in [5.74, 6) is 0.210. The second kappa shape index (κ2) is 6.97. The predicted molar refractivity (Wildman–Crippen MR) is 68.3 cm³/mol. The van der Waals surface area contributed by atoms with Gasteiger partial charge in [0, 0.05) is 18.4 Å². The van der Waals surface area contributed by atoms with Crippen molar-refractivity contribution in [2.75, 3.05) is 18.4 Å². The van der Waals surface area contributed by atoms with Gasteiger partial charge >= 0.3 is 0 Å². The van der Waals surface area contributed by atoms with E-state index in [9.17, 15) is 4.79 Å². The van der Waals surface area contributed by atoms with Crippen LogP contribution in [0.1, 0.15) is 30.3 Å². The highest BCUT2D eigenvalue weighted by atomic mass is 79.9. The first-order chi connectivity index (χ1) is 7.69. The fourth-order valence-corrected chi connectivity index (χ4v) is 1.93. The van der Waals surface area contributed by atoms with Crippen molar-refractivity contribution in [3.05, 3.63) is 23.1 Å². The van der Waals surface area contributed by atoms with Gasteiger partial charge in [0.2, 0.25) is 0 Å². The maximum absolute atomic E-state index is 12.0. The Balaban J connectivity index is 2.66. The smallest absolute Gasteiger partial charge is 0.289 e. The van der Waals surface area contributed by atoms with E-state index in [4.69, 9.17) is 16.0 Å². The van der Waals surface area contributed by atoms with Gasteiger partial charge < -0.3 is 9.32 Å². The minimum atomic E-state index is -0.0974. The quantitative estimate of drug-likeness (QED) is 0.753. The summed E-state index contributed by atoms with van der Waals surface area (Å²) in [5, 5.41) is 1.01. The molecule has 0 radical (unpaired) electrons. The molecule has 0 N–H and O–H groups in total. The standard InChI is InChI=1S/C11H15BrClNO2/c1-2-3-7-14(8-6-12)11(15)9-4-5-10(13)16-9/h4-5H,2-3,6-8H2,1H3. The molecule has 1 amide bonds. The molecule has 5 heteroatoms. The second-order valence-electron chi connectivity index (χ2n) is 3.44. The zero-order chi connectivity index (χ0) is 12.0. The van der Waals surface area contributed by atoms with Gasteiger partial charge in [0.25, 0.3) is 5.91 Å². The van der Waals surface area contributed by atoms with E-state index in [2.05, 4.69) is 22.9 Å². The Kier molecular flexibility index (Phi) is 5.91. The summed E-state index contributed by atoms with van der Waals surface area (Å²) in [4.78, 5) is 13.8. The summed E-state index contributed by atoms with van der Waals surface area (Å²) in [6.45, 7) is 3.52. The fraction of sp³-hybridized carbons (Fsp3) is 0.545. The zero-order valence-corrected chi connectivity index (χ0v) is 11.6. The maximum Gasteiger partial charge on any atom is 0.289 e. The molecule has 0 unspecified atom stereocenters. The molecule has 0 aromatic carbocycles. The third-order valence-corrected chi connectivity index (χ3v) is 2.76. The summed E-state index contributed by atoms with van der Waals surface area (Å²) >= 11 is 8.98. The number of alkyl halides is 1. The Hall–Kier alpha value is -0.480. The van der Waals surface area contributed by atoms with Crippen molar-refractivity contribution >= 4 is 33.4 Å². The number of rotatable bonds is 6. The number of halogens is 2. The minimum absolute atomic E-state index is 0.0974. The van der Waals surface area contributed by atoms with Crippen molar-refractivity contribution in [3.63, 3.8) is 0 Å². The maximum atomic E-state index is 12.0. The molecule has 0 atom stereocenters. The number of furan rings is 1. The highest BCUT2D eigenvalue weighted by Crippen LogP contribution is 2.15. The van der Waals surface area contributed by atoms with E-state index in [1.807, 2.05) is 0 Å². The molecule has 0 bridgehead atoms. The largest absolute Gasteiger partial charge is 0.440 e. The Morgan fingerprint density at radius 2 is 2.25 bits per heavy atom. The van der Waals surface area contributed by atoms with Gasteiger partial charge in [-0.05, 0) is 30.2 Å². The first-order valence-corrected chi connectivity index (χ1v) is 6.79.